The zero-order chi connectivity index (χ0) is 20.5. The number of amides is 1. The summed E-state index contributed by atoms with van der Waals surface area (Å²) in [5.74, 6) is 1.06. The van der Waals surface area contributed by atoms with Gasteiger partial charge in [-0.3, -0.25) is 4.79 Å². The molecule has 29 heavy (non-hydrogen) atoms. The molecule has 2 aromatic carbocycles. The van der Waals surface area contributed by atoms with Crippen molar-refractivity contribution in [3.63, 3.8) is 0 Å². The first-order valence-electron chi connectivity index (χ1n) is 9.96. The zero-order valence-electron chi connectivity index (χ0n) is 16.5. The summed E-state index contributed by atoms with van der Waals surface area (Å²) in [4.78, 5) is 12.4. The van der Waals surface area contributed by atoms with Gasteiger partial charge in [-0.15, -0.1) is 0 Å². The molecule has 0 saturated heterocycles. The third kappa shape index (κ3) is 4.79. The molecule has 154 valence electrons. The van der Waals surface area contributed by atoms with E-state index in [1.165, 1.54) is 0 Å². The van der Waals surface area contributed by atoms with Crippen molar-refractivity contribution in [2.45, 2.75) is 31.7 Å². The van der Waals surface area contributed by atoms with Gasteiger partial charge < -0.3 is 10.1 Å². The smallest absolute Gasteiger partial charge is 0.252 e. The van der Waals surface area contributed by atoms with Gasteiger partial charge in [0.15, 0.2) is 0 Å². The van der Waals surface area contributed by atoms with Crippen LogP contribution in [0.2, 0.25) is 0 Å². The number of carbonyl (C=O) groups is 1. The van der Waals surface area contributed by atoms with Crippen molar-refractivity contribution < 1.29 is 17.9 Å². The van der Waals surface area contributed by atoms with Crippen molar-refractivity contribution in [1.82, 2.24) is 10.0 Å². The van der Waals surface area contributed by atoms with Gasteiger partial charge in [-0.25, -0.2) is 13.1 Å². The first kappa shape index (κ1) is 19.9. The minimum Gasteiger partial charge on any atom is -0.492 e. The Morgan fingerprint density at radius 1 is 1.17 bits per heavy atom. The fraction of sp³-hybridized carbons (Fsp3) is 0.409. The Morgan fingerprint density at radius 2 is 1.93 bits per heavy atom. The number of hydrogen-bond acceptors (Lipinski definition) is 4. The van der Waals surface area contributed by atoms with Crippen LogP contribution in [0.25, 0.3) is 0 Å². The highest BCUT2D eigenvalue weighted by Crippen LogP contribution is 2.36. The second kappa shape index (κ2) is 7.80. The molecule has 2 N–H and O–H groups in total. The number of benzene rings is 2. The molecule has 0 aromatic heterocycles. The topological polar surface area (TPSA) is 84.5 Å². The van der Waals surface area contributed by atoms with E-state index in [1.54, 1.807) is 12.1 Å². The fourth-order valence-electron chi connectivity index (χ4n) is 3.82. The lowest BCUT2D eigenvalue weighted by molar-refractivity contribution is 0.0935. The highest BCUT2D eigenvalue weighted by atomic mass is 32.2. The highest BCUT2D eigenvalue weighted by molar-refractivity contribution is 7.89. The summed E-state index contributed by atoms with van der Waals surface area (Å²) < 4.78 is 32.2. The third-order valence-corrected chi connectivity index (χ3v) is 7.02. The number of sulfonamides is 1. The number of rotatable bonds is 9. The minimum atomic E-state index is -3.23. The van der Waals surface area contributed by atoms with Gasteiger partial charge in [0.25, 0.3) is 5.91 Å². The Bertz CT molecular complexity index is 1000. The summed E-state index contributed by atoms with van der Waals surface area (Å²) in [7, 11) is -3.23. The van der Waals surface area contributed by atoms with E-state index in [4.69, 9.17) is 4.74 Å². The second-order valence-corrected chi connectivity index (χ2v) is 9.98. The van der Waals surface area contributed by atoms with Crippen molar-refractivity contribution in [2.75, 3.05) is 18.9 Å². The Labute approximate surface area is 171 Å². The Hall–Kier alpha value is -2.38. The van der Waals surface area contributed by atoms with E-state index in [0.717, 1.165) is 24.0 Å². The average Bonchev–Trinajstić information content (AvgIpc) is 3.44. The molecule has 1 aliphatic heterocycles. The minimum absolute atomic E-state index is 0.0854. The number of fused-ring (bicyclic) bond motifs is 1. The van der Waals surface area contributed by atoms with Gasteiger partial charge in [-0.2, -0.15) is 0 Å². The monoisotopic (exact) mass is 414 g/mol. The standard InChI is InChI=1S/C22H26N2O4S/c1-22(14-16-5-3-2-4-6-16)20-13-18(9-10-19(20)21(25)24-22)28-12-11-23-29(26,27)15-17-7-8-17/h2-6,9-10,13,17,23H,7-8,11-12,14-15H2,1H3,(H,24,25). The van der Waals surface area contributed by atoms with Crippen LogP contribution in [0.1, 0.15) is 41.3 Å². The van der Waals surface area contributed by atoms with E-state index >= 15 is 0 Å². The van der Waals surface area contributed by atoms with Crippen LogP contribution < -0.4 is 14.8 Å². The summed E-state index contributed by atoms with van der Waals surface area (Å²) >= 11 is 0. The van der Waals surface area contributed by atoms with Crippen LogP contribution in [-0.2, 0) is 22.0 Å². The maximum Gasteiger partial charge on any atom is 0.252 e. The first-order chi connectivity index (χ1) is 13.8. The first-order valence-corrected chi connectivity index (χ1v) is 11.6. The largest absolute Gasteiger partial charge is 0.492 e. The molecular weight excluding hydrogens is 388 g/mol. The fourth-order valence-corrected chi connectivity index (χ4v) is 5.28. The molecule has 0 bridgehead atoms. The van der Waals surface area contributed by atoms with Gasteiger partial charge in [0.1, 0.15) is 12.4 Å². The quantitative estimate of drug-likeness (QED) is 0.618. The molecule has 0 spiro atoms. The predicted molar refractivity (Wildman–Crippen MR) is 111 cm³/mol. The van der Waals surface area contributed by atoms with Gasteiger partial charge in [-0.1, -0.05) is 30.3 Å². The van der Waals surface area contributed by atoms with E-state index in [2.05, 4.69) is 10.0 Å². The summed E-state index contributed by atoms with van der Waals surface area (Å²) in [5, 5.41) is 3.10. The lowest BCUT2D eigenvalue weighted by Crippen LogP contribution is -2.38. The van der Waals surface area contributed by atoms with Crippen molar-refractivity contribution >= 4 is 15.9 Å². The highest BCUT2D eigenvalue weighted by Gasteiger charge is 2.39. The lowest BCUT2D eigenvalue weighted by atomic mass is 9.86. The molecule has 1 aliphatic carbocycles. The van der Waals surface area contributed by atoms with Crippen molar-refractivity contribution in [3.8, 4) is 5.75 Å². The Morgan fingerprint density at radius 3 is 2.66 bits per heavy atom. The molecular formula is C22H26N2O4S. The van der Waals surface area contributed by atoms with Crippen LogP contribution in [0.4, 0.5) is 0 Å². The Kier molecular flexibility index (Phi) is 5.36. The predicted octanol–water partition coefficient (Wildman–Crippen LogP) is 2.60. The number of carbonyl (C=O) groups excluding carboxylic acids is 1. The van der Waals surface area contributed by atoms with Crippen LogP contribution in [-0.4, -0.2) is 33.2 Å². The molecule has 6 nitrogen and oxygen atoms in total. The van der Waals surface area contributed by atoms with Crippen molar-refractivity contribution in [2.24, 2.45) is 5.92 Å². The van der Waals surface area contributed by atoms with Gasteiger partial charge in [0.2, 0.25) is 10.0 Å². The molecule has 1 saturated carbocycles. The van der Waals surface area contributed by atoms with Gasteiger partial charge >= 0.3 is 0 Å². The van der Waals surface area contributed by atoms with E-state index in [9.17, 15) is 13.2 Å². The summed E-state index contributed by atoms with van der Waals surface area (Å²) in [6.07, 6.45) is 2.68. The summed E-state index contributed by atoms with van der Waals surface area (Å²) in [6, 6.07) is 15.4. The lowest BCUT2D eigenvalue weighted by Gasteiger charge is -2.26. The van der Waals surface area contributed by atoms with E-state index in [0.29, 0.717) is 23.7 Å². The van der Waals surface area contributed by atoms with Gasteiger partial charge in [0, 0.05) is 12.1 Å². The molecule has 1 unspecified atom stereocenters. The molecule has 4 rings (SSSR count). The van der Waals surface area contributed by atoms with Crippen LogP contribution in [0.15, 0.2) is 48.5 Å². The van der Waals surface area contributed by atoms with Crippen LogP contribution in [0.5, 0.6) is 5.75 Å². The van der Waals surface area contributed by atoms with Gasteiger partial charge in [0.05, 0.1) is 11.3 Å². The van der Waals surface area contributed by atoms with Crippen LogP contribution in [0.3, 0.4) is 0 Å². The Balaban J connectivity index is 1.41. The normalized spacial score (nSPS) is 20.9. The molecule has 0 radical (unpaired) electrons. The van der Waals surface area contributed by atoms with Crippen molar-refractivity contribution in [1.29, 1.82) is 0 Å². The summed E-state index contributed by atoms with van der Waals surface area (Å²) in [6.45, 7) is 2.48. The maximum absolute atomic E-state index is 12.4. The molecule has 7 heteroatoms. The number of hydrogen-bond donors (Lipinski definition) is 2. The number of nitrogens with one attached hydrogen (secondary N) is 2. The molecule has 2 aliphatic rings. The zero-order valence-corrected chi connectivity index (χ0v) is 17.3. The molecule has 1 atom stereocenters. The number of ether oxygens (including phenoxy) is 1. The van der Waals surface area contributed by atoms with Crippen LogP contribution in [0, 0.1) is 5.92 Å². The molecule has 1 fully saturated rings. The van der Waals surface area contributed by atoms with E-state index in [-0.39, 0.29) is 24.8 Å². The molecule has 1 heterocycles. The third-order valence-electron chi connectivity index (χ3n) is 5.46. The van der Waals surface area contributed by atoms with E-state index in [1.807, 2.05) is 43.3 Å². The van der Waals surface area contributed by atoms with Gasteiger partial charge in [-0.05, 0) is 61.4 Å². The summed E-state index contributed by atoms with van der Waals surface area (Å²) in [5.41, 5.74) is 2.18. The SMILES string of the molecule is CC1(Cc2ccccc2)NC(=O)c2ccc(OCCNS(=O)(=O)CC3CC3)cc21. The molecule has 1 amide bonds. The maximum atomic E-state index is 12.4. The second-order valence-electron chi connectivity index (χ2n) is 8.12. The van der Waals surface area contributed by atoms with Crippen molar-refractivity contribution in [3.05, 3.63) is 65.2 Å². The van der Waals surface area contributed by atoms with Crippen LogP contribution >= 0.6 is 0 Å². The average molecular weight is 415 g/mol. The van der Waals surface area contributed by atoms with E-state index < -0.39 is 15.6 Å². The molecule has 2 aromatic rings.